The highest BCUT2D eigenvalue weighted by molar-refractivity contribution is 5.91. The van der Waals surface area contributed by atoms with Crippen LogP contribution in [0.15, 0.2) is 24.3 Å². The molecule has 0 unspecified atom stereocenters. The molecule has 0 aliphatic carbocycles. The quantitative estimate of drug-likeness (QED) is 0.254. The molecule has 1 amide bonds. The molecular weight excluding hydrogens is 260 g/mol. The maximum Gasteiger partial charge on any atom is 0.244 e. The summed E-state index contributed by atoms with van der Waals surface area (Å²) >= 11 is 0. The molecule has 0 rings (SSSR count). The van der Waals surface area contributed by atoms with Crippen molar-refractivity contribution in [2.75, 3.05) is 27.2 Å². The van der Waals surface area contributed by atoms with Gasteiger partial charge in [-0.3, -0.25) is 4.79 Å². The topological polar surface area (TPSA) is 43.1 Å². The molecule has 0 fully saturated rings. The molecule has 0 bridgehead atoms. The van der Waals surface area contributed by atoms with Crippen molar-refractivity contribution in [1.82, 2.24) is 0 Å². The van der Waals surface area contributed by atoms with Gasteiger partial charge in [-0.2, -0.15) is 0 Å². The number of primary amides is 1. The van der Waals surface area contributed by atoms with Crippen LogP contribution >= 0.6 is 0 Å². The summed E-state index contributed by atoms with van der Waals surface area (Å²) < 4.78 is 0.801. The van der Waals surface area contributed by atoms with Crippen LogP contribution in [-0.4, -0.2) is 37.6 Å². The molecule has 0 saturated heterocycles. The minimum Gasteiger partial charge on any atom is -1.00 e. The fourth-order valence-electron chi connectivity index (χ4n) is 1.85. The van der Waals surface area contributed by atoms with Gasteiger partial charge in [0.05, 0.1) is 27.2 Å². The van der Waals surface area contributed by atoms with Gasteiger partial charge in [0.1, 0.15) is 0 Å². The maximum absolute atomic E-state index is 11.4. The third kappa shape index (κ3) is 10.8. The van der Waals surface area contributed by atoms with E-state index in [0.29, 0.717) is 0 Å². The smallest absolute Gasteiger partial charge is 0.244 e. The Kier molecular flexibility index (Phi) is 11.9. The van der Waals surface area contributed by atoms with Gasteiger partial charge >= 0.3 is 0 Å². The number of quaternary nitrogens is 1. The van der Waals surface area contributed by atoms with E-state index in [2.05, 4.69) is 27.6 Å². The second kappa shape index (κ2) is 11.1. The zero-order chi connectivity index (χ0) is 14.0. The second-order valence-corrected chi connectivity index (χ2v) is 5.49. The number of carbonyl (C=O) groups is 1. The van der Waals surface area contributed by atoms with Crippen molar-refractivity contribution in [3.05, 3.63) is 24.3 Å². The first-order valence-corrected chi connectivity index (χ1v) is 6.84. The molecule has 0 aromatic carbocycles. The van der Waals surface area contributed by atoms with Crippen LogP contribution in [0.1, 0.15) is 39.0 Å². The number of nitrogens with two attached hydrogens (primary N) is 1. The number of hydrogen-bond acceptors (Lipinski definition) is 1. The van der Waals surface area contributed by atoms with Crippen molar-refractivity contribution in [3.8, 4) is 0 Å². The molecule has 0 radical (unpaired) electrons. The van der Waals surface area contributed by atoms with E-state index in [1.807, 2.05) is 12.2 Å². The normalized spacial score (nSPS) is 11.8. The summed E-state index contributed by atoms with van der Waals surface area (Å²) in [5.41, 5.74) is 6.20. The molecule has 4 heteroatoms. The van der Waals surface area contributed by atoms with Crippen molar-refractivity contribution in [2.45, 2.75) is 39.0 Å². The molecule has 0 aromatic rings. The highest BCUT2D eigenvalue weighted by Gasteiger charge is 2.12. The van der Waals surface area contributed by atoms with Crippen molar-refractivity contribution in [2.24, 2.45) is 5.73 Å². The first-order chi connectivity index (χ1) is 8.43. The van der Waals surface area contributed by atoms with Crippen LogP contribution in [0.25, 0.3) is 0 Å². The fraction of sp³-hybridized carbons (Fsp3) is 0.667. The van der Waals surface area contributed by atoms with Crippen molar-refractivity contribution in [3.63, 3.8) is 0 Å². The first-order valence-electron chi connectivity index (χ1n) is 6.84. The highest BCUT2D eigenvalue weighted by Crippen LogP contribution is 2.11. The fourth-order valence-corrected chi connectivity index (χ4v) is 1.85. The molecule has 0 aliphatic rings. The number of unbranched alkanes of at least 4 members (excludes halogenated alkanes) is 3. The van der Waals surface area contributed by atoms with Gasteiger partial charge in [0.15, 0.2) is 0 Å². The van der Waals surface area contributed by atoms with Gasteiger partial charge < -0.3 is 22.6 Å². The molecule has 0 aliphatic heterocycles. The minimum absolute atomic E-state index is 0. The average molecular weight is 289 g/mol. The van der Waals surface area contributed by atoms with Crippen LogP contribution in [0.3, 0.4) is 0 Å². The minimum atomic E-state index is -0.273. The van der Waals surface area contributed by atoms with Crippen molar-refractivity contribution in [1.29, 1.82) is 0 Å². The number of rotatable bonds is 10. The highest BCUT2D eigenvalue weighted by atomic mass is 35.5. The van der Waals surface area contributed by atoms with Gasteiger partial charge in [-0.15, -0.1) is 0 Å². The van der Waals surface area contributed by atoms with Gasteiger partial charge in [0.2, 0.25) is 5.91 Å². The summed E-state index contributed by atoms with van der Waals surface area (Å²) in [6.07, 6.45) is 9.37. The zero-order valence-electron chi connectivity index (χ0n) is 12.6. The number of halogens is 1. The number of likely N-dealkylation sites (N-methyl/N-ethyl adjacent to an activating group) is 1. The lowest BCUT2D eigenvalue weighted by Gasteiger charge is -2.27. The summed E-state index contributed by atoms with van der Waals surface area (Å²) in [4.78, 5) is 11.4. The van der Waals surface area contributed by atoms with E-state index in [9.17, 15) is 4.79 Å². The second-order valence-electron chi connectivity index (χ2n) is 5.49. The summed E-state index contributed by atoms with van der Waals surface area (Å²) in [5.74, 6) is -0.273. The van der Waals surface area contributed by atoms with Gasteiger partial charge in [0, 0.05) is 5.57 Å². The third-order valence-corrected chi connectivity index (χ3v) is 3.07. The van der Waals surface area contributed by atoms with Crippen LogP contribution in [0.4, 0.5) is 0 Å². The lowest BCUT2D eigenvalue weighted by molar-refractivity contribution is -0.878. The van der Waals surface area contributed by atoms with E-state index in [-0.39, 0.29) is 18.3 Å². The van der Waals surface area contributed by atoms with Gasteiger partial charge in [-0.1, -0.05) is 32.8 Å². The van der Waals surface area contributed by atoms with Crippen LogP contribution in [-0.2, 0) is 4.79 Å². The van der Waals surface area contributed by atoms with Crippen molar-refractivity contribution >= 4 is 5.91 Å². The predicted octanol–water partition coefficient (Wildman–Crippen LogP) is -0.365. The lowest BCUT2D eigenvalue weighted by Crippen LogP contribution is -3.00. The number of carbonyl (C=O) groups excluding carboxylic acids is 1. The Morgan fingerprint density at radius 2 is 1.84 bits per heavy atom. The molecular formula is C15H29ClN2O. The number of nitrogens with zero attached hydrogens (tertiary/aromatic N) is 1. The molecule has 0 saturated carbocycles. The first kappa shape index (κ1) is 20.5. The molecule has 2 N–H and O–H groups in total. The molecule has 0 aromatic heterocycles. The maximum atomic E-state index is 11.4. The van der Waals surface area contributed by atoms with E-state index in [4.69, 9.17) is 5.73 Å². The zero-order valence-corrected chi connectivity index (χ0v) is 13.4. The van der Waals surface area contributed by atoms with Crippen LogP contribution in [0, 0.1) is 0 Å². The Hall–Kier alpha value is -0.800. The summed E-state index contributed by atoms with van der Waals surface area (Å²) in [6, 6.07) is 0. The number of amides is 1. The van der Waals surface area contributed by atoms with Gasteiger partial charge in [-0.25, -0.2) is 0 Å². The van der Waals surface area contributed by atoms with E-state index in [1.165, 1.54) is 19.3 Å². The average Bonchev–Trinajstić information content (AvgIpc) is 2.27. The SMILES string of the molecule is C=CC[N+](C)(C)CC=C(CCCCCC)C(N)=O.[Cl-]. The van der Waals surface area contributed by atoms with Crippen LogP contribution in [0.5, 0.6) is 0 Å². The van der Waals surface area contributed by atoms with Crippen molar-refractivity contribution < 1.29 is 21.7 Å². The Morgan fingerprint density at radius 3 is 2.32 bits per heavy atom. The molecule has 112 valence electrons. The Labute approximate surface area is 124 Å². The molecule has 0 spiro atoms. The molecule has 19 heavy (non-hydrogen) atoms. The summed E-state index contributed by atoms with van der Waals surface area (Å²) in [7, 11) is 4.24. The molecule has 3 nitrogen and oxygen atoms in total. The van der Waals surface area contributed by atoms with Crippen LogP contribution < -0.4 is 18.1 Å². The summed E-state index contributed by atoms with van der Waals surface area (Å²) in [6.45, 7) is 7.64. The van der Waals surface area contributed by atoms with E-state index < -0.39 is 0 Å². The van der Waals surface area contributed by atoms with Gasteiger partial charge in [0.25, 0.3) is 0 Å². The van der Waals surface area contributed by atoms with E-state index >= 15 is 0 Å². The predicted molar refractivity (Wildman–Crippen MR) is 78.1 cm³/mol. The summed E-state index contributed by atoms with van der Waals surface area (Å²) in [5, 5.41) is 0. The largest absolute Gasteiger partial charge is 1.00 e. The third-order valence-electron chi connectivity index (χ3n) is 3.07. The monoisotopic (exact) mass is 288 g/mol. The van der Waals surface area contributed by atoms with Crippen LogP contribution in [0.2, 0.25) is 0 Å². The molecule has 0 atom stereocenters. The molecule has 0 heterocycles. The Balaban J connectivity index is 0. The Bertz CT molecular complexity index is 299. The van der Waals surface area contributed by atoms with E-state index in [1.54, 1.807) is 0 Å². The van der Waals surface area contributed by atoms with Gasteiger partial charge in [-0.05, 0) is 25.0 Å². The number of hydrogen-bond donors (Lipinski definition) is 1. The lowest BCUT2D eigenvalue weighted by atomic mass is 10.1. The standard InChI is InChI=1S/C15H28N2O.ClH/c1-5-7-8-9-10-14(15(16)18)11-13-17(3,4)12-6-2;/h6,11H,2,5,7-10,12-13H2,1,3-4H3,(H-,16,18);1H. The van der Waals surface area contributed by atoms with E-state index in [0.717, 1.165) is 36.0 Å². The Morgan fingerprint density at radius 1 is 1.21 bits per heavy atom.